The van der Waals surface area contributed by atoms with E-state index in [1.54, 1.807) is 20.8 Å². The summed E-state index contributed by atoms with van der Waals surface area (Å²) in [5, 5.41) is 10.4. The van der Waals surface area contributed by atoms with E-state index >= 15 is 0 Å². The van der Waals surface area contributed by atoms with Gasteiger partial charge in [-0.3, -0.25) is 24.0 Å². The Balaban J connectivity index is 1.70. The molecule has 4 N–H and O–H groups in total. The number of hydrogen-bond donors (Lipinski definition) is 4. The lowest BCUT2D eigenvalue weighted by molar-refractivity contribution is -0.145. The molecular formula is C34H49N5O7. The average Bonchev–Trinajstić information content (AvgIpc) is 3.27. The van der Waals surface area contributed by atoms with Crippen LogP contribution in [0.3, 0.4) is 0 Å². The maximum absolute atomic E-state index is 14.0. The molecule has 5 unspecified atom stereocenters. The maximum atomic E-state index is 14.0. The first-order chi connectivity index (χ1) is 21.3. The van der Waals surface area contributed by atoms with Crippen LogP contribution in [0, 0.1) is 22.7 Å². The molecule has 2 fully saturated rings. The molecular weight excluding hydrogens is 590 g/mol. The number of fused-ring (bicyclic) bond motifs is 1. The third kappa shape index (κ3) is 8.95. The van der Waals surface area contributed by atoms with Crippen molar-refractivity contribution in [3.63, 3.8) is 0 Å². The SMILES string of the molecule is C=CCC(NC(=O)C1C2C(CN1C(=O)C(NC(=O)OC(C)(C)C)C(C)(C)C)C2(C)C)C(=O)C(=O)NCC(=O)NCc1ccccc1. The highest BCUT2D eigenvalue weighted by atomic mass is 16.6. The smallest absolute Gasteiger partial charge is 0.408 e. The number of Topliss-reactive ketones (excluding diaryl/α,β-unsaturated/α-hetero) is 1. The molecule has 1 saturated heterocycles. The number of nitrogens with one attached hydrogen (secondary N) is 4. The summed E-state index contributed by atoms with van der Waals surface area (Å²) in [4.78, 5) is 80.2. The van der Waals surface area contributed by atoms with Crippen LogP contribution in [0.25, 0.3) is 0 Å². The average molecular weight is 640 g/mol. The minimum Gasteiger partial charge on any atom is -0.444 e. The molecule has 1 aromatic carbocycles. The fourth-order valence-electron chi connectivity index (χ4n) is 5.97. The summed E-state index contributed by atoms with van der Waals surface area (Å²) in [6.07, 6.45) is 0.619. The summed E-state index contributed by atoms with van der Waals surface area (Å²) in [5.74, 6) is -3.60. The molecule has 1 heterocycles. The van der Waals surface area contributed by atoms with E-state index in [2.05, 4.69) is 27.8 Å². The molecule has 12 nitrogen and oxygen atoms in total. The van der Waals surface area contributed by atoms with Gasteiger partial charge in [-0.15, -0.1) is 6.58 Å². The van der Waals surface area contributed by atoms with Gasteiger partial charge in [0.25, 0.3) is 5.91 Å². The van der Waals surface area contributed by atoms with Gasteiger partial charge in [0, 0.05) is 13.1 Å². The molecule has 252 valence electrons. The minimum absolute atomic E-state index is 0.0405. The van der Waals surface area contributed by atoms with Crippen LogP contribution in [0.5, 0.6) is 0 Å². The predicted molar refractivity (Wildman–Crippen MR) is 172 cm³/mol. The van der Waals surface area contributed by atoms with Crippen LogP contribution in [-0.2, 0) is 35.3 Å². The van der Waals surface area contributed by atoms with Gasteiger partial charge < -0.3 is 30.9 Å². The van der Waals surface area contributed by atoms with Gasteiger partial charge >= 0.3 is 6.09 Å². The van der Waals surface area contributed by atoms with Crippen molar-refractivity contribution < 1.29 is 33.5 Å². The molecule has 1 aliphatic heterocycles. The van der Waals surface area contributed by atoms with Crippen molar-refractivity contribution in [3.8, 4) is 0 Å². The van der Waals surface area contributed by atoms with E-state index in [1.807, 2.05) is 65.0 Å². The Morgan fingerprint density at radius 1 is 1.00 bits per heavy atom. The largest absolute Gasteiger partial charge is 0.444 e. The lowest BCUT2D eigenvalue weighted by Crippen LogP contribution is -2.60. The summed E-state index contributed by atoms with van der Waals surface area (Å²) in [6.45, 7) is 18.4. The van der Waals surface area contributed by atoms with Crippen LogP contribution in [0.15, 0.2) is 43.0 Å². The van der Waals surface area contributed by atoms with E-state index in [0.717, 1.165) is 5.56 Å². The second-order valence-corrected chi connectivity index (χ2v) is 14.7. The summed E-state index contributed by atoms with van der Waals surface area (Å²) in [6, 6.07) is 6.04. The number of carbonyl (C=O) groups is 6. The van der Waals surface area contributed by atoms with Crippen molar-refractivity contribution in [2.45, 2.75) is 92.1 Å². The molecule has 46 heavy (non-hydrogen) atoms. The molecule has 1 saturated carbocycles. The Morgan fingerprint density at radius 3 is 2.20 bits per heavy atom. The van der Waals surface area contributed by atoms with Gasteiger partial charge in [-0.25, -0.2) is 4.79 Å². The zero-order valence-corrected chi connectivity index (χ0v) is 28.2. The van der Waals surface area contributed by atoms with Gasteiger partial charge in [-0.05, 0) is 55.4 Å². The number of ether oxygens (including phenoxy) is 1. The molecule has 5 amide bonds. The molecule has 0 aromatic heterocycles. The van der Waals surface area contributed by atoms with E-state index in [-0.39, 0.29) is 30.2 Å². The van der Waals surface area contributed by atoms with Crippen molar-refractivity contribution in [3.05, 3.63) is 48.6 Å². The highest BCUT2D eigenvalue weighted by molar-refractivity contribution is 6.38. The van der Waals surface area contributed by atoms with E-state index < -0.39 is 71.2 Å². The Kier molecular flexibility index (Phi) is 11.1. The number of piperidine rings is 1. The van der Waals surface area contributed by atoms with Gasteiger partial charge in [-0.2, -0.15) is 0 Å². The summed E-state index contributed by atoms with van der Waals surface area (Å²) < 4.78 is 5.40. The van der Waals surface area contributed by atoms with Crippen LogP contribution in [0.1, 0.15) is 67.4 Å². The van der Waals surface area contributed by atoms with Crippen LogP contribution >= 0.6 is 0 Å². The molecule has 3 rings (SSSR count). The lowest BCUT2D eigenvalue weighted by Gasteiger charge is -2.38. The summed E-state index contributed by atoms with van der Waals surface area (Å²) in [5.41, 5.74) is -0.842. The van der Waals surface area contributed by atoms with Crippen molar-refractivity contribution >= 4 is 35.5 Å². The standard InChI is InChI=1S/C34H49N5O7/c1-10-14-22(26(41)29(43)36-18-23(40)35-17-20-15-12-11-13-16-20)37-28(42)25-24-21(34(24,8)9)19-39(25)30(44)27(32(2,3)4)38-31(45)46-33(5,6)7/h10-13,15-16,21-22,24-25,27H,1,14,17-19H2,2-9H3,(H,35,40)(H,36,43)(H,37,42)(H,38,45). The van der Waals surface area contributed by atoms with E-state index in [4.69, 9.17) is 4.74 Å². The molecule has 2 aliphatic rings. The Hall–Kier alpha value is -4.22. The van der Waals surface area contributed by atoms with Crippen molar-refractivity contribution in [2.75, 3.05) is 13.1 Å². The molecule has 0 bridgehead atoms. The van der Waals surface area contributed by atoms with Gasteiger partial charge in [0.1, 0.15) is 23.7 Å². The van der Waals surface area contributed by atoms with E-state index in [1.165, 1.54) is 11.0 Å². The van der Waals surface area contributed by atoms with E-state index in [0.29, 0.717) is 6.54 Å². The third-order valence-electron chi connectivity index (χ3n) is 8.54. The van der Waals surface area contributed by atoms with Gasteiger partial charge in [-0.1, -0.05) is 71.0 Å². The first kappa shape index (κ1) is 36.3. The van der Waals surface area contributed by atoms with Crippen LogP contribution < -0.4 is 21.3 Å². The minimum atomic E-state index is -1.26. The Labute approximate surface area is 271 Å². The zero-order chi connectivity index (χ0) is 34.6. The highest BCUT2D eigenvalue weighted by Gasteiger charge is 2.70. The topological polar surface area (TPSA) is 163 Å². The van der Waals surface area contributed by atoms with Crippen LogP contribution in [0.2, 0.25) is 0 Å². The number of ketones is 1. The quantitative estimate of drug-likeness (QED) is 0.202. The van der Waals surface area contributed by atoms with Crippen molar-refractivity contribution in [1.29, 1.82) is 0 Å². The molecule has 5 atom stereocenters. The Bertz CT molecular complexity index is 1350. The van der Waals surface area contributed by atoms with Crippen LogP contribution in [0.4, 0.5) is 4.79 Å². The number of nitrogens with zero attached hydrogens (tertiary/aromatic N) is 1. The maximum Gasteiger partial charge on any atom is 0.408 e. The van der Waals surface area contributed by atoms with Crippen molar-refractivity contribution in [1.82, 2.24) is 26.2 Å². The number of alkyl carbamates (subject to hydrolysis) is 1. The predicted octanol–water partition coefficient (Wildman–Crippen LogP) is 2.47. The lowest BCUT2D eigenvalue weighted by atomic mass is 9.85. The molecule has 12 heteroatoms. The first-order valence-corrected chi connectivity index (χ1v) is 15.6. The molecule has 0 radical (unpaired) electrons. The number of benzene rings is 1. The first-order valence-electron chi connectivity index (χ1n) is 15.6. The molecule has 0 spiro atoms. The van der Waals surface area contributed by atoms with Crippen molar-refractivity contribution in [2.24, 2.45) is 22.7 Å². The fourth-order valence-corrected chi connectivity index (χ4v) is 5.97. The number of hydrogen-bond acceptors (Lipinski definition) is 7. The highest BCUT2D eigenvalue weighted by Crippen LogP contribution is 2.65. The number of carbonyl (C=O) groups excluding carboxylic acids is 6. The van der Waals surface area contributed by atoms with Gasteiger partial charge in [0.05, 0.1) is 6.54 Å². The third-order valence-corrected chi connectivity index (χ3v) is 8.54. The fraction of sp³-hybridized carbons (Fsp3) is 0.588. The molecule has 1 aliphatic carbocycles. The monoisotopic (exact) mass is 639 g/mol. The van der Waals surface area contributed by atoms with Gasteiger partial charge in [0.2, 0.25) is 23.5 Å². The second kappa shape index (κ2) is 14.0. The summed E-state index contributed by atoms with van der Waals surface area (Å²) >= 11 is 0. The summed E-state index contributed by atoms with van der Waals surface area (Å²) in [7, 11) is 0. The zero-order valence-electron chi connectivity index (χ0n) is 28.2. The normalized spacial score (nSPS) is 21.1. The second-order valence-electron chi connectivity index (χ2n) is 14.7. The molecule has 1 aromatic rings. The Morgan fingerprint density at radius 2 is 1.63 bits per heavy atom. The number of amides is 5. The van der Waals surface area contributed by atoms with Gasteiger partial charge in [0.15, 0.2) is 0 Å². The number of rotatable bonds is 12. The van der Waals surface area contributed by atoms with Crippen LogP contribution in [-0.4, -0.2) is 77.2 Å². The number of likely N-dealkylation sites (tertiary alicyclic amines) is 1. The van der Waals surface area contributed by atoms with E-state index in [9.17, 15) is 28.8 Å².